The van der Waals surface area contributed by atoms with E-state index in [1.807, 2.05) is 6.92 Å². The lowest BCUT2D eigenvalue weighted by Crippen LogP contribution is -2.20. The molecular formula is C8H19N3O2. The van der Waals surface area contributed by atoms with Gasteiger partial charge >= 0.3 is 0 Å². The summed E-state index contributed by atoms with van der Waals surface area (Å²) in [4.78, 5) is 9.00. The van der Waals surface area contributed by atoms with Crippen molar-refractivity contribution in [2.45, 2.75) is 27.2 Å². The molecule has 0 saturated carbocycles. The second-order valence-corrected chi connectivity index (χ2v) is 1.95. The highest BCUT2D eigenvalue weighted by molar-refractivity contribution is 5.71. The predicted molar refractivity (Wildman–Crippen MR) is 54.5 cm³/mol. The third kappa shape index (κ3) is 3270. The van der Waals surface area contributed by atoms with Crippen molar-refractivity contribution < 1.29 is 9.90 Å². The molecule has 0 aliphatic heterocycles. The fraction of sp³-hybridized carbons (Fsp3) is 0.500. The minimum Gasteiger partial charge on any atom is -0.481 e. The van der Waals surface area contributed by atoms with Crippen LogP contribution in [0.3, 0.4) is 0 Å². The summed E-state index contributed by atoms with van der Waals surface area (Å²) in [5.41, 5.74) is 8.94. The molecule has 5 nitrogen and oxygen atoms in total. The molecular weight excluding hydrogens is 170 g/mol. The second-order valence-electron chi connectivity index (χ2n) is 1.95. The third-order valence-electron chi connectivity index (χ3n) is 0.471. The molecule has 0 radical (unpaired) electrons. The van der Waals surface area contributed by atoms with Gasteiger partial charge in [0, 0.05) is 6.92 Å². The van der Waals surface area contributed by atoms with E-state index in [1.165, 1.54) is 0 Å². The summed E-state index contributed by atoms with van der Waals surface area (Å²) in [6.07, 6.45) is 5.34. The van der Waals surface area contributed by atoms with Crippen LogP contribution in [0.1, 0.15) is 27.2 Å². The van der Waals surface area contributed by atoms with Crippen molar-refractivity contribution in [2.75, 3.05) is 0 Å². The smallest absolute Gasteiger partial charge is 0.300 e. The van der Waals surface area contributed by atoms with E-state index < -0.39 is 5.97 Å². The van der Waals surface area contributed by atoms with Crippen LogP contribution in [-0.4, -0.2) is 17.0 Å². The first kappa shape index (κ1) is 17.5. The van der Waals surface area contributed by atoms with Crippen LogP contribution in [0.5, 0.6) is 0 Å². The number of aliphatic carboxylic acids is 1. The first-order valence-corrected chi connectivity index (χ1v) is 3.78. The van der Waals surface area contributed by atoms with Gasteiger partial charge in [-0.05, 0) is 13.3 Å². The molecule has 0 fully saturated rings. The van der Waals surface area contributed by atoms with Crippen LogP contribution in [0.15, 0.2) is 12.2 Å². The summed E-state index contributed by atoms with van der Waals surface area (Å²) in [7, 11) is 0. The Labute approximate surface area is 78.9 Å². The summed E-state index contributed by atoms with van der Waals surface area (Å²) in [6, 6.07) is 0. The molecule has 0 rings (SSSR count). The monoisotopic (exact) mass is 189 g/mol. The average molecular weight is 189 g/mol. The fourth-order valence-electron chi connectivity index (χ4n) is 0.236. The molecule has 0 saturated heterocycles. The van der Waals surface area contributed by atoms with E-state index in [9.17, 15) is 0 Å². The van der Waals surface area contributed by atoms with E-state index in [-0.39, 0.29) is 5.96 Å². The van der Waals surface area contributed by atoms with Gasteiger partial charge in [0.15, 0.2) is 5.96 Å². The van der Waals surface area contributed by atoms with E-state index >= 15 is 0 Å². The molecule has 0 aromatic rings. The lowest BCUT2D eigenvalue weighted by atomic mass is 10.4. The summed E-state index contributed by atoms with van der Waals surface area (Å²) >= 11 is 0. The van der Waals surface area contributed by atoms with Gasteiger partial charge in [-0.2, -0.15) is 0 Å². The number of hydrogen-bond acceptors (Lipinski definition) is 2. The number of nitrogens with two attached hydrogens (primary N) is 2. The summed E-state index contributed by atoms with van der Waals surface area (Å²) in [6.45, 7) is 5.24. The van der Waals surface area contributed by atoms with Gasteiger partial charge in [-0.1, -0.05) is 19.1 Å². The third-order valence-corrected chi connectivity index (χ3v) is 0.471. The Hall–Kier alpha value is -1.52. The molecule has 0 spiro atoms. The molecule has 0 atom stereocenters. The summed E-state index contributed by atoms with van der Waals surface area (Å²) in [5.74, 6) is -1.17. The van der Waals surface area contributed by atoms with Crippen molar-refractivity contribution in [1.29, 1.82) is 5.41 Å². The van der Waals surface area contributed by atoms with Gasteiger partial charge < -0.3 is 16.6 Å². The standard InChI is InChI=1S/C5H10.C2H4O2.CH5N3/c1-3-5-4-2;1-2(3)4;2-1(3)4/h3,5H,4H2,1-2H3;1H3,(H,3,4);(H5,2,3,4). The minimum absolute atomic E-state index is 0.333. The highest BCUT2D eigenvalue weighted by Gasteiger charge is 1.65. The zero-order valence-corrected chi connectivity index (χ0v) is 8.37. The normalized spacial score (nSPS) is 7.62. The lowest BCUT2D eigenvalue weighted by Gasteiger charge is -1.69. The summed E-state index contributed by atoms with van der Waals surface area (Å²) in [5, 5.41) is 13.5. The Kier molecular flexibility index (Phi) is 22.7. The zero-order chi connectivity index (χ0) is 11.3. The van der Waals surface area contributed by atoms with Gasteiger partial charge in [0.25, 0.3) is 5.97 Å². The van der Waals surface area contributed by atoms with Crippen molar-refractivity contribution in [1.82, 2.24) is 0 Å². The van der Waals surface area contributed by atoms with Gasteiger partial charge in [0.2, 0.25) is 0 Å². The maximum atomic E-state index is 9.00. The van der Waals surface area contributed by atoms with Crippen LogP contribution >= 0.6 is 0 Å². The van der Waals surface area contributed by atoms with Crippen LogP contribution in [0.4, 0.5) is 0 Å². The second kappa shape index (κ2) is 16.8. The Morgan fingerprint density at radius 3 is 1.77 bits per heavy atom. The number of hydrogen-bond donors (Lipinski definition) is 4. The van der Waals surface area contributed by atoms with E-state index in [2.05, 4.69) is 30.5 Å². The highest BCUT2D eigenvalue weighted by Crippen LogP contribution is 1.73. The minimum atomic E-state index is -0.833. The number of carboxylic acids is 1. The zero-order valence-electron chi connectivity index (χ0n) is 8.37. The van der Waals surface area contributed by atoms with Gasteiger partial charge in [-0.25, -0.2) is 0 Å². The molecule has 6 N–H and O–H groups in total. The molecule has 0 aliphatic carbocycles. The highest BCUT2D eigenvalue weighted by atomic mass is 16.4. The van der Waals surface area contributed by atoms with Crippen molar-refractivity contribution in [3.8, 4) is 0 Å². The first-order chi connectivity index (χ1) is 5.88. The lowest BCUT2D eigenvalue weighted by molar-refractivity contribution is -0.134. The van der Waals surface area contributed by atoms with Gasteiger partial charge in [0.05, 0.1) is 0 Å². The van der Waals surface area contributed by atoms with E-state index in [4.69, 9.17) is 15.3 Å². The Morgan fingerprint density at radius 2 is 1.77 bits per heavy atom. The Balaban J connectivity index is -0.000000117. The molecule has 0 aromatic carbocycles. The Bertz CT molecular complexity index is 135. The predicted octanol–water partition coefficient (Wildman–Crippen LogP) is 0.902. The number of carboxylic acid groups (broad SMARTS) is 1. The molecule has 0 aromatic heterocycles. The van der Waals surface area contributed by atoms with Crippen LogP contribution in [0.25, 0.3) is 0 Å². The van der Waals surface area contributed by atoms with E-state index in [0.717, 1.165) is 13.3 Å². The number of nitrogens with one attached hydrogen (secondary N) is 1. The Morgan fingerprint density at radius 1 is 1.54 bits per heavy atom. The average Bonchev–Trinajstić information content (AvgIpc) is 1.86. The van der Waals surface area contributed by atoms with Crippen molar-refractivity contribution in [3.63, 3.8) is 0 Å². The quantitative estimate of drug-likeness (QED) is 0.279. The van der Waals surface area contributed by atoms with Crippen molar-refractivity contribution >= 4 is 11.9 Å². The molecule has 0 heterocycles. The van der Waals surface area contributed by atoms with E-state index in [0.29, 0.717) is 0 Å². The van der Waals surface area contributed by atoms with Crippen molar-refractivity contribution in [3.05, 3.63) is 12.2 Å². The SMILES string of the molecule is CC(=O)O.CC=CCC.N=C(N)N. The maximum absolute atomic E-state index is 9.00. The number of guanidine groups is 1. The molecule has 78 valence electrons. The molecule has 0 amide bonds. The molecule has 13 heavy (non-hydrogen) atoms. The number of allylic oxidation sites excluding steroid dienone is 2. The van der Waals surface area contributed by atoms with Gasteiger partial charge in [-0.15, -0.1) is 0 Å². The molecule has 0 aliphatic rings. The van der Waals surface area contributed by atoms with E-state index in [1.54, 1.807) is 0 Å². The number of rotatable bonds is 1. The first-order valence-electron chi connectivity index (χ1n) is 3.78. The molecule has 0 bridgehead atoms. The van der Waals surface area contributed by atoms with Crippen LogP contribution in [0.2, 0.25) is 0 Å². The topological polar surface area (TPSA) is 113 Å². The van der Waals surface area contributed by atoms with Gasteiger partial charge in [-0.3, -0.25) is 10.2 Å². The molecule has 0 unspecified atom stereocenters. The molecule has 5 heteroatoms. The van der Waals surface area contributed by atoms with Crippen LogP contribution in [0, 0.1) is 5.41 Å². The fourth-order valence-corrected chi connectivity index (χ4v) is 0.236. The maximum Gasteiger partial charge on any atom is 0.300 e. The number of carbonyl (C=O) groups is 1. The largest absolute Gasteiger partial charge is 0.481 e. The van der Waals surface area contributed by atoms with Crippen LogP contribution < -0.4 is 11.5 Å². The van der Waals surface area contributed by atoms with Crippen LogP contribution in [-0.2, 0) is 4.79 Å². The summed E-state index contributed by atoms with van der Waals surface area (Å²) < 4.78 is 0. The van der Waals surface area contributed by atoms with Crippen molar-refractivity contribution in [2.24, 2.45) is 11.5 Å². The van der Waals surface area contributed by atoms with Gasteiger partial charge in [0.1, 0.15) is 0 Å².